The second kappa shape index (κ2) is 7.04. The Labute approximate surface area is 119 Å². The van der Waals surface area contributed by atoms with Crippen LogP contribution >= 0.6 is 11.8 Å². The molecule has 0 radical (unpaired) electrons. The van der Waals surface area contributed by atoms with Gasteiger partial charge in [-0.3, -0.25) is 4.79 Å². The molecule has 20 heavy (non-hydrogen) atoms. The maximum Gasteiger partial charge on any atom is 0.234 e. The molecule has 1 N–H and O–H groups in total. The molecule has 2 rings (SSSR count). The number of anilines is 1. The highest BCUT2D eigenvalue weighted by Gasteiger charge is 2.08. The molecule has 106 valence electrons. The number of thioether (sulfide) groups is 1. The number of nitrogens with one attached hydrogen (secondary N) is 1. The minimum absolute atomic E-state index is 0.186. The Balaban J connectivity index is 1.77. The predicted molar refractivity (Wildman–Crippen MR) is 74.9 cm³/mol. The van der Waals surface area contributed by atoms with Crippen LogP contribution in [0.2, 0.25) is 0 Å². The highest BCUT2D eigenvalue weighted by Crippen LogP contribution is 2.14. The molecule has 7 heteroatoms. The summed E-state index contributed by atoms with van der Waals surface area (Å²) in [7, 11) is 0. The average Bonchev–Trinajstić information content (AvgIpc) is 2.89. The Hall–Kier alpha value is -1.89. The van der Waals surface area contributed by atoms with Crippen molar-refractivity contribution in [2.24, 2.45) is 0 Å². The molecular formula is C13H14FN3O2S. The molecule has 0 unspecified atom stereocenters. The summed E-state index contributed by atoms with van der Waals surface area (Å²) < 4.78 is 18.3. The normalized spacial score (nSPS) is 10.5. The van der Waals surface area contributed by atoms with Gasteiger partial charge in [0.05, 0.1) is 17.2 Å². The molecule has 1 amide bonds. The number of rotatable bonds is 6. The second-order valence-corrected chi connectivity index (χ2v) is 4.96. The molecule has 0 aliphatic heterocycles. The minimum atomic E-state index is -0.448. The monoisotopic (exact) mass is 295 g/mol. The Morgan fingerprint density at radius 2 is 2.25 bits per heavy atom. The third-order valence-corrected chi connectivity index (χ3v) is 3.35. The van der Waals surface area contributed by atoms with Gasteiger partial charge in [0.15, 0.2) is 5.82 Å². The first-order chi connectivity index (χ1) is 9.69. The fourth-order valence-corrected chi connectivity index (χ4v) is 2.14. The van der Waals surface area contributed by atoms with E-state index in [-0.39, 0.29) is 17.3 Å². The number of halogens is 1. The maximum atomic E-state index is 13.3. The van der Waals surface area contributed by atoms with Gasteiger partial charge in [-0.1, -0.05) is 24.2 Å². The van der Waals surface area contributed by atoms with E-state index in [1.54, 1.807) is 12.1 Å². The van der Waals surface area contributed by atoms with E-state index in [4.69, 9.17) is 4.52 Å². The average molecular weight is 295 g/mol. The number of benzene rings is 1. The van der Waals surface area contributed by atoms with Crippen LogP contribution in [0.5, 0.6) is 0 Å². The summed E-state index contributed by atoms with van der Waals surface area (Å²) in [6, 6.07) is 6.05. The molecule has 0 spiro atoms. The summed E-state index contributed by atoms with van der Waals surface area (Å²) in [5, 5.41) is 6.30. The summed E-state index contributed by atoms with van der Waals surface area (Å²) >= 11 is 1.34. The molecule has 1 heterocycles. The van der Waals surface area contributed by atoms with E-state index < -0.39 is 5.82 Å². The van der Waals surface area contributed by atoms with E-state index in [1.165, 1.54) is 23.9 Å². The van der Waals surface area contributed by atoms with E-state index in [1.807, 2.05) is 6.92 Å². The van der Waals surface area contributed by atoms with Crippen molar-refractivity contribution < 1.29 is 13.7 Å². The molecular weight excluding hydrogens is 281 g/mol. The van der Waals surface area contributed by atoms with Gasteiger partial charge in [-0.05, 0) is 12.1 Å². The predicted octanol–water partition coefficient (Wildman–Crippen LogP) is 2.64. The van der Waals surface area contributed by atoms with Gasteiger partial charge in [0.25, 0.3) is 0 Å². The third-order valence-electron chi connectivity index (χ3n) is 2.42. The maximum absolute atomic E-state index is 13.3. The van der Waals surface area contributed by atoms with Gasteiger partial charge < -0.3 is 9.84 Å². The number of carbonyl (C=O) groups excluding carboxylic acids is 1. The Bertz CT molecular complexity index is 589. The van der Waals surface area contributed by atoms with Crippen LogP contribution in [0.3, 0.4) is 0 Å². The molecule has 2 aromatic rings. The lowest BCUT2D eigenvalue weighted by Gasteiger charge is -2.05. The standard InChI is InChI=1S/C13H14FN3O2S/c1-2-13-16-11(17-19-13)7-20-8-12(18)15-10-6-4-3-5-9(10)14/h3-6H,2,7-8H2,1H3,(H,15,18). The van der Waals surface area contributed by atoms with Crippen molar-refractivity contribution in [2.45, 2.75) is 19.1 Å². The number of hydrogen-bond donors (Lipinski definition) is 1. The molecule has 0 aliphatic carbocycles. The molecule has 1 aromatic heterocycles. The van der Waals surface area contributed by atoms with E-state index in [0.29, 0.717) is 23.9 Å². The number of hydrogen-bond acceptors (Lipinski definition) is 5. The molecule has 0 atom stereocenters. The van der Waals surface area contributed by atoms with Crippen molar-refractivity contribution in [3.8, 4) is 0 Å². The first-order valence-electron chi connectivity index (χ1n) is 6.12. The Kier molecular flexibility index (Phi) is 5.11. The van der Waals surface area contributed by atoms with Crippen molar-refractivity contribution >= 4 is 23.4 Å². The van der Waals surface area contributed by atoms with Gasteiger partial charge in [0.2, 0.25) is 11.8 Å². The summed E-state index contributed by atoms with van der Waals surface area (Å²) in [6.45, 7) is 1.92. The van der Waals surface area contributed by atoms with Crippen LogP contribution in [0.25, 0.3) is 0 Å². The number of aromatic nitrogens is 2. The molecule has 1 aromatic carbocycles. The van der Waals surface area contributed by atoms with Crippen molar-refractivity contribution in [3.05, 3.63) is 41.8 Å². The molecule has 0 aliphatic rings. The highest BCUT2D eigenvalue weighted by atomic mass is 32.2. The lowest BCUT2D eigenvalue weighted by Crippen LogP contribution is -2.15. The number of nitrogens with zero attached hydrogens (tertiary/aromatic N) is 2. The largest absolute Gasteiger partial charge is 0.339 e. The fourth-order valence-electron chi connectivity index (χ4n) is 1.48. The van der Waals surface area contributed by atoms with Crippen LogP contribution in [0.15, 0.2) is 28.8 Å². The lowest BCUT2D eigenvalue weighted by atomic mass is 10.3. The zero-order chi connectivity index (χ0) is 14.4. The van der Waals surface area contributed by atoms with Crippen LogP contribution in [0.4, 0.5) is 10.1 Å². The van der Waals surface area contributed by atoms with Gasteiger partial charge in [-0.15, -0.1) is 11.8 Å². The zero-order valence-corrected chi connectivity index (χ0v) is 11.7. The summed E-state index contributed by atoms with van der Waals surface area (Å²) in [5.74, 6) is 1.11. The van der Waals surface area contributed by atoms with Crippen molar-refractivity contribution in [3.63, 3.8) is 0 Å². The van der Waals surface area contributed by atoms with Gasteiger partial charge in [0.1, 0.15) is 5.82 Å². The summed E-state index contributed by atoms with van der Waals surface area (Å²) in [5.41, 5.74) is 0.186. The van der Waals surface area contributed by atoms with Gasteiger partial charge in [0, 0.05) is 6.42 Å². The van der Waals surface area contributed by atoms with Crippen LogP contribution in [0, 0.1) is 5.82 Å². The third kappa shape index (κ3) is 4.06. The first kappa shape index (κ1) is 14.5. The fraction of sp³-hybridized carbons (Fsp3) is 0.308. The quantitative estimate of drug-likeness (QED) is 0.887. The van der Waals surface area contributed by atoms with E-state index in [0.717, 1.165) is 0 Å². The first-order valence-corrected chi connectivity index (χ1v) is 7.28. The van der Waals surface area contributed by atoms with Crippen LogP contribution in [0.1, 0.15) is 18.6 Å². The minimum Gasteiger partial charge on any atom is -0.339 e. The molecule has 0 saturated heterocycles. The highest BCUT2D eigenvalue weighted by molar-refractivity contribution is 7.99. The summed E-state index contributed by atoms with van der Waals surface area (Å²) in [4.78, 5) is 15.8. The number of aryl methyl sites for hydroxylation is 1. The molecule has 5 nitrogen and oxygen atoms in total. The topological polar surface area (TPSA) is 68.0 Å². The molecule has 0 bridgehead atoms. The van der Waals surface area contributed by atoms with Gasteiger partial charge >= 0.3 is 0 Å². The molecule has 0 saturated carbocycles. The van der Waals surface area contributed by atoms with Gasteiger partial charge in [-0.2, -0.15) is 4.98 Å². The number of para-hydroxylation sites is 1. The lowest BCUT2D eigenvalue weighted by molar-refractivity contribution is -0.113. The number of amides is 1. The van der Waals surface area contributed by atoms with Crippen LogP contribution in [-0.4, -0.2) is 21.8 Å². The molecule has 0 fully saturated rings. The Morgan fingerprint density at radius 3 is 2.95 bits per heavy atom. The zero-order valence-electron chi connectivity index (χ0n) is 10.9. The Morgan fingerprint density at radius 1 is 1.45 bits per heavy atom. The van der Waals surface area contributed by atoms with E-state index >= 15 is 0 Å². The van der Waals surface area contributed by atoms with Crippen molar-refractivity contribution in [2.75, 3.05) is 11.1 Å². The van der Waals surface area contributed by atoms with Crippen LogP contribution in [-0.2, 0) is 17.0 Å². The van der Waals surface area contributed by atoms with E-state index in [9.17, 15) is 9.18 Å². The smallest absolute Gasteiger partial charge is 0.234 e. The van der Waals surface area contributed by atoms with Crippen molar-refractivity contribution in [1.82, 2.24) is 10.1 Å². The van der Waals surface area contributed by atoms with Crippen LogP contribution < -0.4 is 5.32 Å². The number of carbonyl (C=O) groups is 1. The van der Waals surface area contributed by atoms with E-state index in [2.05, 4.69) is 15.5 Å². The van der Waals surface area contributed by atoms with Gasteiger partial charge in [-0.25, -0.2) is 4.39 Å². The summed E-state index contributed by atoms with van der Waals surface area (Å²) in [6.07, 6.45) is 0.686. The second-order valence-electron chi connectivity index (χ2n) is 3.98. The SMILES string of the molecule is CCc1nc(CSCC(=O)Nc2ccccc2F)no1. The van der Waals surface area contributed by atoms with Crippen molar-refractivity contribution in [1.29, 1.82) is 0 Å².